The van der Waals surface area contributed by atoms with Crippen LogP contribution in [-0.2, 0) is 0 Å². The molecule has 106 valence electrons. The number of hydrogen-bond acceptors (Lipinski definition) is 2. The van der Waals surface area contributed by atoms with Crippen molar-refractivity contribution in [3.63, 3.8) is 0 Å². The Morgan fingerprint density at radius 2 is 1.84 bits per heavy atom. The first-order valence-corrected chi connectivity index (χ1v) is 7.17. The fourth-order valence-electron chi connectivity index (χ4n) is 2.45. The first-order valence-electron chi connectivity index (χ1n) is 7.17. The third-order valence-corrected chi connectivity index (χ3v) is 3.53. The fourth-order valence-corrected chi connectivity index (χ4v) is 2.45. The Morgan fingerprint density at radius 1 is 1.16 bits per heavy atom. The van der Waals surface area contributed by atoms with Crippen LogP contribution in [0.4, 0.5) is 4.39 Å². The minimum absolute atomic E-state index is 0.211. The zero-order chi connectivity index (χ0) is 14.0. The van der Waals surface area contributed by atoms with Crippen molar-refractivity contribution in [3.05, 3.63) is 29.6 Å². The molecule has 1 N–H and O–H groups in total. The van der Waals surface area contributed by atoms with Crippen molar-refractivity contribution in [2.75, 3.05) is 0 Å². The maximum Gasteiger partial charge on any atom is 0.127 e. The molecule has 0 heterocycles. The Morgan fingerprint density at radius 3 is 2.42 bits per heavy atom. The summed E-state index contributed by atoms with van der Waals surface area (Å²) < 4.78 is 19.4. The maximum atomic E-state index is 13.5. The standard InChI is InChI=1S/C16H24FNO/c1-10(2)12-5-13(17)7-15(6-12)19-16-8-14(9-16)18-11(3)4/h5-7,10-11,14,16,18H,8-9H2,1-4H3. The summed E-state index contributed by atoms with van der Waals surface area (Å²) in [4.78, 5) is 0. The molecule has 0 saturated heterocycles. The van der Waals surface area contributed by atoms with Gasteiger partial charge in [-0.05, 0) is 36.5 Å². The van der Waals surface area contributed by atoms with Crippen molar-refractivity contribution >= 4 is 0 Å². The Kier molecular flexibility index (Phi) is 4.46. The van der Waals surface area contributed by atoms with E-state index in [2.05, 4.69) is 33.0 Å². The van der Waals surface area contributed by atoms with Gasteiger partial charge in [0.2, 0.25) is 0 Å². The lowest BCUT2D eigenvalue weighted by Gasteiger charge is -2.37. The molecule has 1 aliphatic rings. The smallest absolute Gasteiger partial charge is 0.127 e. The molecule has 1 fully saturated rings. The largest absolute Gasteiger partial charge is 0.490 e. The SMILES string of the molecule is CC(C)NC1CC(Oc2cc(F)cc(C(C)C)c2)C1. The van der Waals surface area contributed by atoms with Crippen molar-refractivity contribution in [2.45, 2.75) is 64.6 Å². The molecule has 1 aliphatic carbocycles. The number of nitrogens with one attached hydrogen (secondary N) is 1. The van der Waals surface area contributed by atoms with Gasteiger partial charge in [0.05, 0.1) is 0 Å². The summed E-state index contributed by atoms with van der Waals surface area (Å²) in [6.45, 7) is 8.42. The molecule has 0 aliphatic heterocycles. The Labute approximate surface area is 115 Å². The minimum atomic E-state index is -0.211. The van der Waals surface area contributed by atoms with Crippen LogP contribution in [0, 0.1) is 5.82 Å². The van der Waals surface area contributed by atoms with Crippen LogP contribution in [-0.4, -0.2) is 18.2 Å². The van der Waals surface area contributed by atoms with Gasteiger partial charge in [-0.3, -0.25) is 0 Å². The highest BCUT2D eigenvalue weighted by atomic mass is 19.1. The molecule has 1 aromatic rings. The zero-order valence-corrected chi connectivity index (χ0v) is 12.2. The highest BCUT2D eigenvalue weighted by Gasteiger charge is 2.31. The summed E-state index contributed by atoms with van der Waals surface area (Å²) in [6.07, 6.45) is 2.23. The molecule has 2 nitrogen and oxygen atoms in total. The van der Waals surface area contributed by atoms with Crippen molar-refractivity contribution in [3.8, 4) is 5.75 Å². The number of rotatable bonds is 5. The van der Waals surface area contributed by atoms with Crippen LogP contribution in [0.3, 0.4) is 0 Å². The average molecular weight is 265 g/mol. The van der Waals surface area contributed by atoms with Gasteiger partial charge in [-0.1, -0.05) is 27.7 Å². The highest BCUT2D eigenvalue weighted by molar-refractivity contribution is 5.31. The first-order chi connectivity index (χ1) is 8.94. The second-order valence-electron chi connectivity index (χ2n) is 6.10. The van der Waals surface area contributed by atoms with Gasteiger partial charge in [-0.2, -0.15) is 0 Å². The molecule has 1 aromatic carbocycles. The van der Waals surface area contributed by atoms with E-state index in [4.69, 9.17) is 4.74 Å². The van der Waals surface area contributed by atoms with E-state index < -0.39 is 0 Å². The summed E-state index contributed by atoms with van der Waals surface area (Å²) >= 11 is 0. The number of halogens is 1. The monoisotopic (exact) mass is 265 g/mol. The van der Waals surface area contributed by atoms with Gasteiger partial charge < -0.3 is 10.1 Å². The molecule has 2 rings (SSSR count). The van der Waals surface area contributed by atoms with E-state index in [-0.39, 0.29) is 11.9 Å². The fraction of sp³-hybridized carbons (Fsp3) is 0.625. The lowest BCUT2D eigenvalue weighted by Crippen LogP contribution is -2.49. The van der Waals surface area contributed by atoms with Crippen LogP contribution >= 0.6 is 0 Å². The first kappa shape index (κ1) is 14.3. The second kappa shape index (κ2) is 5.91. The maximum absolute atomic E-state index is 13.5. The predicted octanol–water partition coefficient (Wildman–Crippen LogP) is 3.86. The number of benzene rings is 1. The lowest BCUT2D eigenvalue weighted by molar-refractivity contribution is 0.0811. The van der Waals surface area contributed by atoms with Crippen LogP contribution in [0.25, 0.3) is 0 Å². The summed E-state index contributed by atoms with van der Waals surface area (Å²) in [5.41, 5.74) is 0.992. The molecule has 0 spiro atoms. The van der Waals surface area contributed by atoms with E-state index in [0.717, 1.165) is 18.4 Å². The summed E-state index contributed by atoms with van der Waals surface area (Å²) in [6, 6.07) is 6.07. The summed E-state index contributed by atoms with van der Waals surface area (Å²) in [5, 5.41) is 3.48. The average Bonchev–Trinajstić information content (AvgIpc) is 2.24. The van der Waals surface area contributed by atoms with E-state index in [1.807, 2.05) is 6.07 Å². The summed E-state index contributed by atoms with van der Waals surface area (Å²) in [5.74, 6) is 0.767. The van der Waals surface area contributed by atoms with E-state index in [9.17, 15) is 4.39 Å². The van der Waals surface area contributed by atoms with Crippen LogP contribution in [0.1, 0.15) is 52.0 Å². The van der Waals surface area contributed by atoms with Gasteiger partial charge in [0, 0.05) is 18.2 Å². The van der Waals surface area contributed by atoms with Crippen LogP contribution < -0.4 is 10.1 Å². The highest BCUT2D eigenvalue weighted by Crippen LogP contribution is 2.29. The number of ether oxygens (including phenoxy) is 1. The van der Waals surface area contributed by atoms with Gasteiger partial charge in [0.25, 0.3) is 0 Å². The van der Waals surface area contributed by atoms with E-state index in [1.54, 1.807) is 6.07 Å². The topological polar surface area (TPSA) is 21.3 Å². The molecular weight excluding hydrogens is 241 g/mol. The Hall–Kier alpha value is -1.09. The molecule has 0 radical (unpaired) electrons. The number of hydrogen-bond donors (Lipinski definition) is 1. The van der Waals surface area contributed by atoms with Crippen LogP contribution in [0.2, 0.25) is 0 Å². The predicted molar refractivity (Wildman–Crippen MR) is 76.2 cm³/mol. The van der Waals surface area contributed by atoms with Crippen molar-refractivity contribution < 1.29 is 9.13 Å². The van der Waals surface area contributed by atoms with Crippen LogP contribution in [0.5, 0.6) is 5.75 Å². The van der Waals surface area contributed by atoms with Crippen molar-refractivity contribution in [2.24, 2.45) is 0 Å². The normalized spacial score (nSPS) is 22.7. The molecular formula is C16H24FNO. The van der Waals surface area contributed by atoms with E-state index >= 15 is 0 Å². The van der Waals surface area contributed by atoms with Gasteiger partial charge in [0.15, 0.2) is 0 Å². The molecule has 0 unspecified atom stereocenters. The van der Waals surface area contributed by atoms with Crippen molar-refractivity contribution in [1.29, 1.82) is 0 Å². The molecule has 3 heteroatoms. The van der Waals surface area contributed by atoms with Gasteiger partial charge in [0.1, 0.15) is 17.7 Å². The molecule has 0 atom stereocenters. The third kappa shape index (κ3) is 3.93. The van der Waals surface area contributed by atoms with Crippen LogP contribution in [0.15, 0.2) is 18.2 Å². The second-order valence-corrected chi connectivity index (χ2v) is 6.10. The molecule has 1 saturated carbocycles. The zero-order valence-electron chi connectivity index (χ0n) is 12.2. The molecule has 19 heavy (non-hydrogen) atoms. The third-order valence-electron chi connectivity index (χ3n) is 3.53. The van der Waals surface area contributed by atoms with Gasteiger partial charge in [-0.15, -0.1) is 0 Å². The Balaban J connectivity index is 1.91. The Bertz CT molecular complexity index is 425. The van der Waals surface area contributed by atoms with Gasteiger partial charge in [-0.25, -0.2) is 4.39 Å². The van der Waals surface area contributed by atoms with E-state index in [1.165, 1.54) is 6.07 Å². The molecule has 0 amide bonds. The summed E-state index contributed by atoms with van der Waals surface area (Å²) in [7, 11) is 0. The quantitative estimate of drug-likeness (QED) is 0.873. The molecule has 0 aromatic heterocycles. The minimum Gasteiger partial charge on any atom is -0.490 e. The molecule has 0 bridgehead atoms. The van der Waals surface area contributed by atoms with Crippen molar-refractivity contribution in [1.82, 2.24) is 5.32 Å². The van der Waals surface area contributed by atoms with E-state index in [0.29, 0.717) is 23.8 Å². The lowest BCUT2D eigenvalue weighted by atomic mass is 9.88. The van der Waals surface area contributed by atoms with Gasteiger partial charge >= 0.3 is 0 Å².